The molecule has 7 nitrogen and oxygen atoms in total. The molecule has 0 aromatic heterocycles. The van der Waals surface area contributed by atoms with E-state index in [1.165, 1.54) is 6.92 Å². The highest BCUT2D eigenvalue weighted by Crippen LogP contribution is 2.29. The van der Waals surface area contributed by atoms with Crippen molar-refractivity contribution in [2.24, 2.45) is 0 Å². The lowest BCUT2D eigenvalue weighted by atomic mass is 9.89. The van der Waals surface area contributed by atoms with Gasteiger partial charge in [0.2, 0.25) is 0 Å². The van der Waals surface area contributed by atoms with Crippen LogP contribution in [-0.2, 0) is 4.74 Å². The molecule has 0 bridgehead atoms. The predicted octanol–water partition coefficient (Wildman–Crippen LogP) is -1.29. The molecule has 0 aliphatic carbocycles. The summed E-state index contributed by atoms with van der Waals surface area (Å²) in [7, 11) is 0. The van der Waals surface area contributed by atoms with Crippen molar-refractivity contribution in [1.82, 2.24) is 5.32 Å². The van der Waals surface area contributed by atoms with E-state index in [-0.39, 0.29) is 6.42 Å². The summed E-state index contributed by atoms with van der Waals surface area (Å²) < 4.78 is 5.41. The highest BCUT2D eigenvalue weighted by Gasteiger charge is 2.47. The first kappa shape index (κ1) is 18.8. The summed E-state index contributed by atoms with van der Waals surface area (Å²) in [5.41, 5.74) is 0. The summed E-state index contributed by atoms with van der Waals surface area (Å²) in [5.74, 6) is -1.58. The maximum atomic E-state index is 10.2. The van der Waals surface area contributed by atoms with Gasteiger partial charge in [0, 0.05) is 6.42 Å². The second-order valence-electron chi connectivity index (χ2n) is 5.96. The second kappa shape index (κ2) is 8.38. The van der Waals surface area contributed by atoms with Crippen molar-refractivity contribution in [3.05, 3.63) is 0 Å². The first-order valence-electron chi connectivity index (χ1n) is 7.61. The Bertz CT molecular complexity index is 301. The standard InChI is InChI=1S/C14H29NO6/c1-3-4-5-6-15-11-9(17)7-14(2,20)21-13(11)12(19)10(18)8-16/h9-13,15-20H,3-8H2,1-2H3/t9-,10+,11+,12+,13+,14+/m0/s1. The van der Waals surface area contributed by atoms with Gasteiger partial charge in [-0.2, -0.15) is 0 Å². The predicted molar refractivity (Wildman–Crippen MR) is 76.5 cm³/mol. The van der Waals surface area contributed by atoms with Crippen LogP contribution in [0.25, 0.3) is 0 Å². The van der Waals surface area contributed by atoms with Gasteiger partial charge in [-0.1, -0.05) is 19.8 Å². The fraction of sp³-hybridized carbons (Fsp3) is 1.00. The first-order valence-corrected chi connectivity index (χ1v) is 7.61. The summed E-state index contributed by atoms with van der Waals surface area (Å²) in [6, 6.07) is -0.613. The monoisotopic (exact) mass is 307 g/mol. The van der Waals surface area contributed by atoms with Crippen LogP contribution in [0.3, 0.4) is 0 Å². The molecule has 1 aliphatic heterocycles. The first-order chi connectivity index (χ1) is 9.82. The van der Waals surface area contributed by atoms with E-state index in [0.29, 0.717) is 6.54 Å². The lowest BCUT2D eigenvalue weighted by Gasteiger charge is -2.45. The summed E-state index contributed by atoms with van der Waals surface area (Å²) in [6.07, 6.45) is -1.68. The summed E-state index contributed by atoms with van der Waals surface area (Å²) in [4.78, 5) is 0. The van der Waals surface area contributed by atoms with Crippen molar-refractivity contribution in [1.29, 1.82) is 0 Å². The third-order valence-electron chi connectivity index (χ3n) is 3.82. The Kier molecular flexibility index (Phi) is 7.49. The molecule has 1 fully saturated rings. The van der Waals surface area contributed by atoms with Crippen molar-refractivity contribution in [3.63, 3.8) is 0 Å². The van der Waals surface area contributed by atoms with E-state index in [0.717, 1.165) is 19.3 Å². The van der Waals surface area contributed by atoms with Crippen LogP contribution in [0.4, 0.5) is 0 Å². The zero-order valence-corrected chi connectivity index (χ0v) is 12.8. The molecule has 0 unspecified atom stereocenters. The van der Waals surface area contributed by atoms with Gasteiger partial charge in [-0.3, -0.25) is 0 Å². The number of hydrogen-bond acceptors (Lipinski definition) is 7. The number of ether oxygens (including phenoxy) is 1. The lowest BCUT2D eigenvalue weighted by molar-refractivity contribution is -0.293. The fourth-order valence-electron chi connectivity index (χ4n) is 2.65. The summed E-state index contributed by atoms with van der Waals surface area (Å²) >= 11 is 0. The smallest absolute Gasteiger partial charge is 0.165 e. The van der Waals surface area contributed by atoms with Crippen molar-refractivity contribution >= 4 is 0 Å². The Hall–Kier alpha value is -0.280. The number of aliphatic hydroxyl groups excluding tert-OH is 4. The van der Waals surface area contributed by atoms with Crippen LogP contribution in [0, 0.1) is 0 Å². The van der Waals surface area contributed by atoms with Gasteiger partial charge in [-0.25, -0.2) is 0 Å². The zero-order valence-electron chi connectivity index (χ0n) is 12.8. The molecule has 0 amide bonds. The molecule has 1 aliphatic rings. The molecule has 6 N–H and O–H groups in total. The quantitative estimate of drug-likeness (QED) is 0.308. The molecular formula is C14H29NO6. The average molecular weight is 307 g/mol. The van der Waals surface area contributed by atoms with E-state index >= 15 is 0 Å². The van der Waals surface area contributed by atoms with Gasteiger partial charge < -0.3 is 35.6 Å². The van der Waals surface area contributed by atoms with Gasteiger partial charge in [-0.15, -0.1) is 0 Å². The topological polar surface area (TPSA) is 122 Å². The third-order valence-corrected chi connectivity index (χ3v) is 3.82. The third kappa shape index (κ3) is 5.45. The molecule has 0 radical (unpaired) electrons. The van der Waals surface area contributed by atoms with E-state index in [9.17, 15) is 20.4 Å². The molecular weight excluding hydrogens is 278 g/mol. The molecule has 1 rings (SSSR count). The molecule has 1 heterocycles. The Morgan fingerprint density at radius 1 is 1.33 bits per heavy atom. The van der Waals surface area contributed by atoms with E-state index in [4.69, 9.17) is 9.84 Å². The highest BCUT2D eigenvalue weighted by atomic mass is 16.6. The Morgan fingerprint density at radius 3 is 2.57 bits per heavy atom. The maximum Gasteiger partial charge on any atom is 0.165 e. The molecule has 126 valence electrons. The van der Waals surface area contributed by atoms with Crippen LogP contribution in [-0.4, -0.2) is 74.9 Å². The molecule has 6 atom stereocenters. The number of hydrogen-bond donors (Lipinski definition) is 6. The Balaban J connectivity index is 2.73. The molecule has 1 saturated heterocycles. The van der Waals surface area contributed by atoms with Crippen molar-refractivity contribution in [3.8, 4) is 0 Å². The Morgan fingerprint density at radius 2 is 2.00 bits per heavy atom. The van der Waals surface area contributed by atoms with E-state index < -0.39 is 42.9 Å². The summed E-state index contributed by atoms with van der Waals surface area (Å²) in [6.45, 7) is 3.50. The number of rotatable bonds is 8. The molecule has 0 aromatic rings. The second-order valence-corrected chi connectivity index (χ2v) is 5.96. The molecule has 0 saturated carbocycles. The van der Waals surface area contributed by atoms with E-state index in [1.54, 1.807) is 0 Å². The SMILES string of the molecule is CCCCCN[C@H]1[C@H]([C@H](O)[C@H](O)CO)O[C@@](C)(O)C[C@@H]1O. The normalized spacial score (nSPS) is 36.4. The number of unbranched alkanes of at least 4 members (excludes halogenated alkanes) is 2. The summed E-state index contributed by atoms with van der Waals surface area (Å²) in [5, 5.41) is 51.9. The van der Waals surface area contributed by atoms with Crippen LogP contribution < -0.4 is 5.32 Å². The highest BCUT2D eigenvalue weighted by molar-refractivity contribution is 4.97. The van der Waals surface area contributed by atoms with E-state index in [1.807, 2.05) is 0 Å². The average Bonchev–Trinajstić information content (AvgIpc) is 2.42. The number of aliphatic hydroxyl groups is 5. The number of nitrogens with one attached hydrogen (secondary N) is 1. The van der Waals surface area contributed by atoms with Crippen molar-refractivity contribution < 1.29 is 30.3 Å². The van der Waals surface area contributed by atoms with Crippen LogP contribution in [0.5, 0.6) is 0 Å². The molecule has 0 spiro atoms. The maximum absolute atomic E-state index is 10.2. The van der Waals surface area contributed by atoms with Crippen molar-refractivity contribution in [2.45, 2.75) is 75.8 Å². The Labute approximate surface area is 125 Å². The van der Waals surface area contributed by atoms with Crippen LogP contribution >= 0.6 is 0 Å². The van der Waals surface area contributed by atoms with Gasteiger partial charge in [-0.05, 0) is 19.9 Å². The molecule has 7 heteroatoms. The van der Waals surface area contributed by atoms with E-state index in [2.05, 4.69) is 12.2 Å². The fourth-order valence-corrected chi connectivity index (χ4v) is 2.65. The minimum atomic E-state index is -1.58. The van der Waals surface area contributed by atoms with Gasteiger partial charge in [0.05, 0.1) is 18.8 Å². The lowest BCUT2D eigenvalue weighted by Crippen LogP contribution is -2.64. The van der Waals surface area contributed by atoms with Crippen LogP contribution in [0.1, 0.15) is 39.5 Å². The minimum absolute atomic E-state index is 0.0108. The van der Waals surface area contributed by atoms with Gasteiger partial charge >= 0.3 is 0 Å². The molecule has 21 heavy (non-hydrogen) atoms. The molecule has 0 aromatic carbocycles. The largest absolute Gasteiger partial charge is 0.394 e. The van der Waals surface area contributed by atoms with Gasteiger partial charge in [0.25, 0.3) is 0 Å². The van der Waals surface area contributed by atoms with Gasteiger partial charge in [0.15, 0.2) is 5.79 Å². The minimum Gasteiger partial charge on any atom is -0.394 e. The van der Waals surface area contributed by atoms with Crippen molar-refractivity contribution in [2.75, 3.05) is 13.2 Å². The zero-order chi connectivity index (χ0) is 16.0. The van der Waals surface area contributed by atoms with Gasteiger partial charge in [0.1, 0.15) is 18.3 Å². The van der Waals surface area contributed by atoms with Crippen LogP contribution in [0.15, 0.2) is 0 Å². The van der Waals surface area contributed by atoms with Crippen LogP contribution in [0.2, 0.25) is 0 Å².